The van der Waals surface area contributed by atoms with E-state index < -0.39 is 0 Å². The fourth-order valence-corrected chi connectivity index (χ4v) is 4.71. The van der Waals surface area contributed by atoms with Gasteiger partial charge >= 0.3 is 0 Å². The number of aromatic nitrogens is 4. The van der Waals surface area contributed by atoms with Crippen LogP contribution in [0.25, 0.3) is 11.4 Å². The summed E-state index contributed by atoms with van der Waals surface area (Å²) >= 11 is 0. The molecule has 0 bridgehead atoms. The highest BCUT2D eigenvalue weighted by Gasteiger charge is 2.52. The van der Waals surface area contributed by atoms with E-state index in [-0.39, 0.29) is 5.54 Å². The molecule has 1 spiro atoms. The number of tetrazole rings is 1. The fourth-order valence-electron chi connectivity index (χ4n) is 4.71. The average molecular weight is 352 g/mol. The van der Waals surface area contributed by atoms with Gasteiger partial charge in [0.15, 0.2) is 0 Å². The smallest absolute Gasteiger partial charge is 0.243 e. The summed E-state index contributed by atoms with van der Waals surface area (Å²) in [6.45, 7) is 2.80. The summed E-state index contributed by atoms with van der Waals surface area (Å²) in [6, 6.07) is 8.81. The van der Waals surface area contributed by atoms with Crippen LogP contribution in [0.15, 0.2) is 24.3 Å². The van der Waals surface area contributed by atoms with Crippen molar-refractivity contribution in [3.05, 3.63) is 29.8 Å². The zero-order chi connectivity index (χ0) is 17.6. The van der Waals surface area contributed by atoms with Crippen molar-refractivity contribution >= 4 is 5.91 Å². The second kappa shape index (κ2) is 6.16. The quantitative estimate of drug-likeness (QED) is 0.910. The Morgan fingerprint density at radius 1 is 1.12 bits per heavy atom. The van der Waals surface area contributed by atoms with Crippen molar-refractivity contribution in [2.24, 2.45) is 0 Å². The van der Waals surface area contributed by atoms with E-state index in [1.807, 2.05) is 12.1 Å². The summed E-state index contributed by atoms with van der Waals surface area (Å²) in [6.07, 6.45) is 6.66. The number of piperidine rings is 1. The number of nitrogens with one attached hydrogen (secondary N) is 1. The van der Waals surface area contributed by atoms with Gasteiger partial charge in [-0.2, -0.15) is 5.21 Å². The lowest BCUT2D eigenvalue weighted by Crippen LogP contribution is -2.60. The zero-order valence-electron chi connectivity index (χ0n) is 14.9. The lowest BCUT2D eigenvalue weighted by molar-refractivity contribution is -0.148. The first-order valence-corrected chi connectivity index (χ1v) is 9.65. The maximum Gasteiger partial charge on any atom is 0.243 e. The molecule has 7 nitrogen and oxygen atoms in total. The monoisotopic (exact) mass is 352 g/mol. The van der Waals surface area contributed by atoms with Crippen LogP contribution >= 0.6 is 0 Å². The van der Waals surface area contributed by atoms with E-state index in [1.54, 1.807) is 0 Å². The highest BCUT2D eigenvalue weighted by atomic mass is 16.2. The minimum Gasteiger partial charge on any atom is -0.338 e. The Bertz CT molecular complexity index is 785. The standard InChI is InChI=1S/C19H24N6O/c26-18-19(10-2-12-25(18)16-7-8-16)9-1-11-24(19)13-14-3-5-15(6-4-14)17-20-22-23-21-17/h3-6,16H,1-2,7-13H2,(H,20,21,22,23). The maximum atomic E-state index is 13.3. The number of aromatic amines is 1. The van der Waals surface area contributed by atoms with Crippen LogP contribution in [0.4, 0.5) is 0 Å². The van der Waals surface area contributed by atoms with Crippen LogP contribution in [0.2, 0.25) is 0 Å². The van der Waals surface area contributed by atoms with Crippen molar-refractivity contribution in [1.82, 2.24) is 30.4 Å². The number of nitrogens with zero attached hydrogens (tertiary/aromatic N) is 5. The molecule has 5 rings (SSSR count). The van der Waals surface area contributed by atoms with Crippen LogP contribution in [0.5, 0.6) is 0 Å². The minimum absolute atomic E-state index is 0.257. The molecule has 3 heterocycles. The first-order chi connectivity index (χ1) is 12.8. The Labute approximate surface area is 152 Å². The summed E-state index contributed by atoms with van der Waals surface area (Å²) in [4.78, 5) is 17.9. The number of carbonyl (C=O) groups excluding carboxylic acids is 1. The highest BCUT2D eigenvalue weighted by molar-refractivity contribution is 5.88. The zero-order valence-corrected chi connectivity index (χ0v) is 14.9. The molecule has 0 radical (unpaired) electrons. The van der Waals surface area contributed by atoms with E-state index in [2.05, 4.69) is 42.6 Å². The first-order valence-electron chi connectivity index (χ1n) is 9.65. The number of hydrogen-bond acceptors (Lipinski definition) is 5. The fraction of sp³-hybridized carbons (Fsp3) is 0.579. The van der Waals surface area contributed by atoms with Crippen LogP contribution in [0.1, 0.15) is 44.1 Å². The Morgan fingerprint density at radius 2 is 1.88 bits per heavy atom. The third-order valence-corrected chi connectivity index (χ3v) is 6.19. The molecule has 1 aromatic carbocycles. The molecule has 1 saturated carbocycles. The largest absolute Gasteiger partial charge is 0.338 e. The number of likely N-dealkylation sites (tertiary alicyclic amines) is 2. The second-order valence-electron chi connectivity index (χ2n) is 7.82. The number of hydrogen-bond donors (Lipinski definition) is 1. The predicted molar refractivity (Wildman–Crippen MR) is 96.0 cm³/mol. The molecular formula is C19H24N6O. The summed E-state index contributed by atoms with van der Waals surface area (Å²) in [5.41, 5.74) is 1.93. The van der Waals surface area contributed by atoms with Gasteiger partial charge in [0.1, 0.15) is 5.54 Å². The topological polar surface area (TPSA) is 78.0 Å². The van der Waals surface area contributed by atoms with E-state index in [1.165, 1.54) is 18.4 Å². The van der Waals surface area contributed by atoms with Gasteiger partial charge in [-0.1, -0.05) is 24.3 Å². The Balaban J connectivity index is 1.35. The van der Waals surface area contributed by atoms with E-state index in [9.17, 15) is 4.79 Å². The molecule has 3 fully saturated rings. The summed E-state index contributed by atoms with van der Waals surface area (Å²) in [5.74, 6) is 1.00. The molecule has 26 heavy (non-hydrogen) atoms. The first kappa shape index (κ1) is 15.9. The van der Waals surface area contributed by atoms with Crippen LogP contribution in [0, 0.1) is 0 Å². The third-order valence-electron chi connectivity index (χ3n) is 6.19. The molecule has 136 valence electrons. The van der Waals surface area contributed by atoms with Crippen molar-refractivity contribution in [3.63, 3.8) is 0 Å². The average Bonchev–Trinajstić information content (AvgIpc) is 3.21. The van der Waals surface area contributed by atoms with Gasteiger partial charge in [0.05, 0.1) is 0 Å². The molecule has 7 heteroatoms. The number of benzene rings is 1. The van der Waals surface area contributed by atoms with E-state index in [0.717, 1.165) is 50.9 Å². The molecule has 1 aliphatic carbocycles. The molecule has 1 N–H and O–H groups in total. The number of amides is 1. The maximum absolute atomic E-state index is 13.3. The van der Waals surface area contributed by atoms with Crippen molar-refractivity contribution in [3.8, 4) is 11.4 Å². The Hall–Kier alpha value is -2.28. The van der Waals surface area contributed by atoms with Gasteiger partial charge in [0.25, 0.3) is 0 Å². The van der Waals surface area contributed by atoms with Gasteiger partial charge in [-0.25, -0.2) is 0 Å². The van der Waals surface area contributed by atoms with Gasteiger partial charge in [-0.05, 0) is 55.8 Å². The molecule has 3 aliphatic rings. The Morgan fingerprint density at radius 3 is 2.58 bits per heavy atom. The van der Waals surface area contributed by atoms with E-state index in [0.29, 0.717) is 17.8 Å². The van der Waals surface area contributed by atoms with Crippen molar-refractivity contribution < 1.29 is 4.79 Å². The second-order valence-corrected chi connectivity index (χ2v) is 7.82. The van der Waals surface area contributed by atoms with Gasteiger partial charge in [0, 0.05) is 24.7 Å². The molecule has 1 atom stereocenters. The van der Waals surface area contributed by atoms with Crippen LogP contribution in [-0.4, -0.2) is 61.0 Å². The summed E-state index contributed by atoms with van der Waals surface area (Å²) < 4.78 is 0. The van der Waals surface area contributed by atoms with Gasteiger partial charge < -0.3 is 4.90 Å². The number of carbonyl (C=O) groups is 1. The molecular weight excluding hydrogens is 328 g/mol. The number of rotatable bonds is 4. The third kappa shape index (κ3) is 2.61. The van der Waals surface area contributed by atoms with Crippen LogP contribution in [0.3, 0.4) is 0 Å². The van der Waals surface area contributed by atoms with Crippen molar-refractivity contribution in [1.29, 1.82) is 0 Å². The molecule has 1 aromatic heterocycles. The molecule has 2 aromatic rings. The highest BCUT2D eigenvalue weighted by Crippen LogP contribution is 2.42. The SMILES string of the molecule is O=C1N(C2CC2)CCCC12CCCN2Cc1ccc(-c2nn[nH]n2)cc1. The molecule has 2 saturated heterocycles. The van der Waals surface area contributed by atoms with E-state index in [4.69, 9.17) is 0 Å². The summed E-state index contributed by atoms with van der Waals surface area (Å²) in [7, 11) is 0. The molecule has 2 aliphatic heterocycles. The number of H-pyrrole nitrogens is 1. The van der Waals surface area contributed by atoms with E-state index >= 15 is 0 Å². The van der Waals surface area contributed by atoms with Gasteiger partial charge in [-0.3, -0.25) is 9.69 Å². The van der Waals surface area contributed by atoms with Gasteiger partial charge in [0.2, 0.25) is 11.7 Å². The molecule has 1 unspecified atom stereocenters. The van der Waals surface area contributed by atoms with Crippen molar-refractivity contribution in [2.45, 2.75) is 56.7 Å². The summed E-state index contributed by atoms with van der Waals surface area (Å²) in [5, 5.41) is 14.1. The van der Waals surface area contributed by atoms with Gasteiger partial charge in [-0.15, -0.1) is 10.2 Å². The van der Waals surface area contributed by atoms with Crippen LogP contribution in [-0.2, 0) is 11.3 Å². The Kier molecular flexibility index (Phi) is 3.77. The predicted octanol–water partition coefficient (Wildman–Crippen LogP) is 1.99. The van der Waals surface area contributed by atoms with Crippen LogP contribution < -0.4 is 0 Å². The lowest BCUT2D eigenvalue weighted by Gasteiger charge is -2.45. The lowest BCUT2D eigenvalue weighted by atomic mass is 9.85. The minimum atomic E-state index is -0.257. The van der Waals surface area contributed by atoms with Crippen molar-refractivity contribution in [2.75, 3.05) is 13.1 Å². The normalized spacial score (nSPS) is 26.8. The molecule has 1 amide bonds.